The lowest BCUT2D eigenvalue weighted by molar-refractivity contribution is 0.301. The standard InChI is InChI=1S/C10H19N/c1-3-6-10(2)7-4-5-8-11-9-10/h3,11H,1,4-9H2,2H3/t10-/m1/s1. The number of hydrogen-bond donors (Lipinski definition) is 1. The molecule has 0 unspecified atom stereocenters. The van der Waals surface area contributed by atoms with Crippen LogP contribution in [0, 0.1) is 5.41 Å². The predicted octanol–water partition coefficient (Wildman–Crippen LogP) is 2.34. The third-order valence-electron chi connectivity index (χ3n) is 2.57. The smallest absolute Gasteiger partial charge is 0.000813 e. The highest BCUT2D eigenvalue weighted by Gasteiger charge is 2.23. The van der Waals surface area contributed by atoms with Crippen LogP contribution in [0.2, 0.25) is 0 Å². The zero-order valence-corrected chi connectivity index (χ0v) is 7.53. The van der Waals surface area contributed by atoms with E-state index in [4.69, 9.17) is 0 Å². The quantitative estimate of drug-likeness (QED) is 0.600. The van der Waals surface area contributed by atoms with Crippen molar-refractivity contribution >= 4 is 0 Å². The maximum Gasteiger partial charge on any atom is 0.000813 e. The van der Waals surface area contributed by atoms with Gasteiger partial charge in [0, 0.05) is 6.54 Å². The van der Waals surface area contributed by atoms with Crippen LogP contribution in [0.5, 0.6) is 0 Å². The van der Waals surface area contributed by atoms with E-state index in [-0.39, 0.29) is 0 Å². The molecular formula is C10H19N. The van der Waals surface area contributed by atoms with Crippen molar-refractivity contribution in [3.8, 4) is 0 Å². The molecule has 1 rings (SSSR count). The van der Waals surface area contributed by atoms with E-state index in [2.05, 4.69) is 18.8 Å². The number of hydrogen-bond acceptors (Lipinski definition) is 1. The molecule has 0 aromatic rings. The Hall–Kier alpha value is -0.300. The molecule has 1 saturated heterocycles. The lowest BCUT2D eigenvalue weighted by Crippen LogP contribution is -2.29. The monoisotopic (exact) mass is 153 g/mol. The first-order valence-corrected chi connectivity index (χ1v) is 4.58. The van der Waals surface area contributed by atoms with E-state index in [9.17, 15) is 0 Å². The SMILES string of the molecule is C=CC[C@]1(C)CCCCNC1. The molecule has 1 fully saturated rings. The van der Waals surface area contributed by atoms with E-state index in [1.807, 2.05) is 6.08 Å². The Labute approximate surface area is 69.9 Å². The molecule has 11 heavy (non-hydrogen) atoms. The zero-order valence-electron chi connectivity index (χ0n) is 7.53. The van der Waals surface area contributed by atoms with Gasteiger partial charge in [0.05, 0.1) is 0 Å². The Morgan fingerprint density at radius 1 is 1.55 bits per heavy atom. The minimum atomic E-state index is 0.484. The van der Waals surface area contributed by atoms with Gasteiger partial charge in [-0.25, -0.2) is 0 Å². The Morgan fingerprint density at radius 2 is 2.36 bits per heavy atom. The van der Waals surface area contributed by atoms with Crippen LogP contribution in [0.15, 0.2) is 12.7 Å². The minimum Gasteiger partial charge on any atom is -0.316 e. The van der Waals surface area contributed by atoms with E-state index in [0.717, 1.165) is 6.42 Å². The van der Waals surface area contributed by atoms with Crippen LogP contribution in [-0.4, -0.2) is 13.1 Å². The first-order valence-electron chi connectivity index (χ1n) is 4.58. The summed E-state index contributed by atoms with van der Waals surface area (Å²) in [6.07, 6.45) is 7.27. The van der Waals surface area contributed by atoms with Crippen LogP contribution in [0.4, 0.5) is 0 Å². The molecule has 1 atom stereocenters. The van der Waals surface area contributed by atoms with Gasteiger partial charge in [0.25, 0.3) is 0 Å². The Kier molecular flexibility index (Phi) is 3.13. The molecule has 1 heteroatoms. The van der Waals surface area contributed by atoms with Gasteiger partial charge in [0.2, 0.25) is 0 Å². The summed E-state index contributed by atoms with van der Waals surface area (Å²) in [7, 11) is 0. The van der Waals surface area contributed by atoms with Crippen LogP contribution < -0.4 is 5.32 Å². The van der Waals surface area contributed by atoms with E-state index < -0.39 is 0 Å². The van der Waals surface area contributed by atoms with E-state index in [1.165, 1.54) is 32.4 Å². The summed E-state index contributed by atoms with van der Waals surface area (Å²) in [5.41, 5.74) is 0.484. The summed E-state index contributed by atoms with van der Waals surface area (Å²) in [6, 6.07) is 0. The molecule has 1 N–H and O–H groups in total. The maximum atomic E-state index is 3.80. The zero-order chi connectivity index (χ0) is 8.16. The second-order valence-corrected chi connectivity index (χ2v) is 3.94. The summed E-state index contributed by atoms with van der Waals surface area (Å²) in [6.45, 7) is 8.52. The largest absolute Gasteiger partial charge is 0.316 e. The number of allylic oxidation sites excluding steroid dienone is 1. The second-order valence-electron chi connectivity index (χ2n) is 3.94. The van der Waals surface area contributed by atoms with Gasteiger partial charge in [-0.3, -0.25) is 0 Å². The number of rotatable bonds is 2. The summed E-state index contributed by atoms with van der Waals surface area (Å²) in [5, 5.41) is 3.47. The molecular weight excluding hydrogens is 134 g/mol. The summed E-state index contributed by atoms with van der Waals surface area (Å²) in [5.74, 6) is 0. The van der Waals surface area contributed by atoms with Gasteiger partial charge in [-0.2, -0.15) is 0 Å². The predicted molar refractivity (Wildman–Crippen MR) is 49.6 cm³/mol. The third-order valence-corrected chi connectivity index (χ3v) is 2.57. The minimum absolute atomic E-state index is 0.484. The lowest BCUT2D eigenvalue weighted by atomic mass is 9.82. The fourth-order valence-electron chi connectivity index (χ4n) is 1.80. The van der Waals surface area contributed by atoms with Crippen molar-refractivity contribution in [3.05, 3.63) is 12.7 Å². The fourth-order valence-corrected chi connectivity index (χ4v) is 1.80. The van der Waals surface area contributed by atoms with E-state index in [1.54, 1.807) is 0 Å². The molecule has 1 nitrogen and oxygen atoms in total. The molecule has 0 aromatic heterocycles. The van der Waals surface area contributed by atoms with Crippen LogP contribution in [-0.2, 0) is 0 Å². The normalized spacial score (nSPS) is 32.8. The molecule has 0 aromatic carbocycles. The topological polar surface area (TPSA) is 12.0 Å². The first kappa shape index (κ1) is 8.79. The number of nitrogens with one attached hydrogen (secondary N) is 1. The second kappa shape index (κ2) is 3.91. The Balaban J connectivity index is 2.44. The molecule has 1 aliphatic rings. The molecule has 0 saturated carbocycles. The molecule has 1 heterocycles. The van der Waals surface area contributed by atoms with Crippen molar-refractivity contribution in [1.82, 2.24) is 5.32 Å². The van der Waals surface area contributed by atoms with Gasteiger partial charge in [-0.05, 0) is 31.2 Å². The molecule has 0 amide bonds. The highest BCUT2D eigenvalue weighted by Crippen LogP contribution is 2.29. The summed E-state index contributed by atoms with van der Waals surface area (Å²) < 4.78 is 0. The van der Waals surface area contributed by atoms with Gasteiger partial charge in [0.15, 0.2) is 0 Å². The molecule has 0 radical (unpaired) electrons. The van der Waals surface area contributed by atoms with Crippen molar-refractivity contribution < 1.29 is 0 Å². The highest BCUT2D eigenvalue weighted by atomic mass is 14.9. The van der Waals surface area contributed by atoms with Crippen LogP contribution in [0.1, 0.15) is 32.6 Å². The molecule has 64 valence electrons. The molecule has 1 aliphatic heterocycles. The van der Waals surface area contributed by atoms with Gasteiger partial charge >= 0.3 is 0 Å². The van der Waals surface area contributed by atoms with Gasteiger partial charge in [-0.15, -0.1) is 6.58 Å². The van der Waals surface area contributed by atoms with Gasteiger partial charge in [-0.1, -0.05) is 19.4 Å². The van der Waals surface area contributed by atoms with Gasteiger partial charge < -0.3 is 5.32 Å². The fraction of sp³-hybridized carbons (Fsp3) is 0.800. The molecule has 0 bridgehead atoms. The summed E-state index contributed by atoms with van der Waals surface area (Å²) in [4.78, 5) is 0. The third kappa shape index (κ3) is 2.66. The van der Waals surface area contributed by atoms with Crippen molar-refractivity contribution in [2.45, 2.75) is 32.6 Å². The van der Waals surface area contributed by atoms with Crippen LogP contribution in [0.3, 0.4) is 0 Å². The maximum absolute atomic E-state index is 3.80. The first-order chi connectivity index (χ1) is 5.27. The van der Waals surface area contributed by atoms with Crippen molar-refractivity contribution in [2.75, 3.05) is 13.1 Å². The lowest BCUT2D eigenvalue weighted by Gasteiger charge is -2.26. The highest BCUT2D eigenvalue weighted by molar-refractivity contribution is 4.86. The molecule has 0 spiro atoms. The van der Waals surface area contributed by atoms with Crippen LogP contribution >= 0.6 is 0 Å². The average Bonchev–Trinajstić information content (AvgIpc) is 2.15. The Morgan fingerprint density at radius 3 is 3.09 bits per heavy atom. The van der Waals surface area contributed by atoms with Gasteiger partial charge in [0.1, 0.15) is 0 Å². The van der Waals surface area contributed by atoms with E-state index >= 15 is 0 Å². The van der Waals surface area contributed by atoms with Crippen molar-refractivity contribution in [1.29, 1.82) is 0 Å². The van der Waals surface area contributed by atoms with Crippen molar-refractivity contribution in [2.24, 2.45) is 5.41 Å². The average molecular weight is 153 g/mol. The summed E-state index contributed by atoms with van der Waals surface area (Å²) >= 11 is 0. The molecule has 0 aliphatic carbocycles. The van der Waals surface area contributed by atoms with Crippen LogP contribution in [0.25, 0.3) is 0 Å². The van der Waals surface area contributed by atoms with Crippen molar-refractivity contribution in [3.63, 3.8) is 0 Å². The Bertz CT molecular complexity index is 121. The van der Waals surface area contributed by atoms with E-state index in [0.29, 0.717) is 5.41 Å².